The molecule has 2 N–H and O–H groups in total. The lowest BCUT2D eigenvalue weighted by molar-refractivity contribution is -0.146. The second-order valence-corrected chi connectivity index (χ2v) is 6.35. The van der Waals surface area contributed by atoms with Crippen molar-refractivity contribution in [2.24, 2.45) is 11.8 Å². The van der Waals surface area contributed by atoms with E-state index in [2.05, 4.69) is 24.5 Å². The highest BCUT2D eigenvalue weighted by Gasteiger charge is 2.25. The zero-order valence-electron chi connectivity index (χ0n) is 13.6. The van der Waals surface area contributed by atoms with E-state index in [0.717, 1.165) is 25.7 Å². The van der Waals surface area contributed by atoms with Gasteiger partial charge < -0.3 is 15.4 Å². The number of carbonyl (C=O) groups excluding carboxylic acids is 2. The minimum absolute atomic E-state index is 0.0983. The van der Waals surface area contributed by atoms with Gasteiger partial charge in [0.05, 0.1) is 19.1 Å². The minimum atomic E-state index is -0.498. The van der Waals surface area contributed by atoms with E-state index in [9.17, 15) is 9.59 Å². The van der Waals surface area contributed by atoms with Crippen molar-refractivity contribution in [1.82, 2.24) is 10.6 Å². The molecule has 1 fully saturated rings. The summed E-state index contributed by atoms with van der Waals surface area (Å²) < 4.78 is 5.16. The second-order valence-electron chi connectivity index (χ2n) is 6.35. The molecule has 5 nitrogen and oxygen atoms in total. The maximum absolute atomic E-state index is 12.0. The van der Waals surface area contributed by atoms with E-state index in [0.29, 0.717) is 25.0 Å². The molecule has 1 saturated carbocycles. The Kier molecular flexibility index (Phi) is 8.35. The molecule has 1 atom stereocenters. The summed E-state index contributed by atoms with van der Waals surface area (Å²) >= 11 is 0. The summed E-state index contributed by atoms with van der Waals surface area (Å²) in [4.78, 5) is 23.6. The Morgan fingerprint density at radius 3 is 2.52 bits per heavy atom. The summed E-state index contributed by atoms with van der Waals surface area (Å²) in [5, 5.41) is 5.76. The van der Waals surface area contributed by atoms with E-state index >= 15 is 0 Å². The predicted octanol–water partition coefficient (Wildman–Crippen LogP) is 1.86. The van der Waals surface area contributed by atoms with Gasteiger partial charge in [-0.15, -0.1) is 0 Å². The standard InChI is InChI=1S/C16H30N2O3/c1-12(2)6-4-5-9-18-16(20)14(17-3)10-15(19)21-11-13-7-8-13/h12-14,17H,4-11H2,1-3H3,(H,18,20). The fraction of sp³-hybridized carbons (Fsp3) is 0.875. The molecule has 0 aromatic rings. The summed E-state index contributed by atoms with van der Waals surface area (Å²) in [6.07, 6.45) is 5.68. The third-order valence-corrected chi connectivity index (χ3v) is 3.72. The summed E-state index contributed by atoms with van der Waals surface area (Å²) in [6.45, 7) is 5.57. The molecule has 1 rings (SSSR count). The van der Waals surface area contributed by atoms with Gasteiger partial charge in [-0.05, 0) is 38.1 Å². The van der Waals surface area contributed by atoms with Crippen molar-refractivity contribution in [2.75, 3.05) is 20.2 Å². The first-order valence-electron chi connectivity index (χ1n) is 8.13. The van der Waals surface area contributed by atoms with Crippen LogP contribution in [0.25, 0.3) is 0 Å². The fourth-order valence-electron chi connectivity index (χ4n) is 2.06. The van der Waals surface area contributed by atoms with Gasteiger partial charge in [-0.3, -0.25) is 9.59 Å². The fourth-order valence-corrected chi connectivity index (χ4v) is 2.06. The molecule has 0 saturated heterocycles. The van der Waals surface area contributed by atoms with Crippen LogP contribution in [0.2, 0.25) is 0 Å². The number of ether oxygens (including phenoxy) is 1. The van der Waals surface area contributed by atoms with E-state index < -0.39 is 6.04 Å². The Morgan fingerprint density at radius 2 is 1.95 bits per heavy atom. The van der Waals surface area contributed by atoms with Gasteiger partial charge in [-0.25, -0.2) is 0 Å². The van der Waals surface area contributed by atoms with Crippen LogP contribution in [0.4, 0.5) is 0 Å². The maximum Gasteiger partial charge on any atom is 0.307 e. The number of unbranched alkanes of at least 4 members (excludes halogenated alkanes) is 1. The molecule has 1 unspecified atom stereocenters. The number of carbonyl (C=O) groups is 2. The van der Waals surface area contributed by atoms with Crippen LogP contribution in [-0.2, 0) is 14.3 Å². The van der Waals surface area contributed by atoms with Crippen molar-refractivity contribution in [3.05, 3.63) is 0 Å². The largest absolute Gasteiger partial charge is 0.465 e. The maximum atomic E-state index is 12.0. The highest BCUT2D eigenvalue weighted by atomic mass is 16.5. The Hall–Kier alpha value is -1.10. The van der Waals surface area contributed by atoms with Crippen molar-refractivity contribution in [3.8, 4) is 0 Å². The molecule has 0 bridgehead atoms. The van der Waals surface area contributed by atoms with Crippen LogP contribution in [-0.4, -0.2) is 38.1 Å². The number of esters is 1. The van der Waals surface area contributed by atoms with Crippen LogP contribution < -0.4 is 10.6 Å². The number of rotatable bonds is 11. The second kappa shape index (κ2) is 9.77. The molecule has 0 heterocycles. The molecular weight excluding hydrogens is 268 g/mol. The monoisotopic (exact) mass is 298 g/mol. The third-order valence-electron chi connectivity index (χ3n) is 3.72. The molecule has 122 valence electrons. The van der Waals surface area contributed by atoms with Crippen molar-refractivity contribution in [3.63, 3.8) is 0 Å². The summed E-state index contributed by atoms with van der Waals surface area (Å²) in [5.74, 6) is 0.838. The van der Waals surface area contributed by atoms with Crippen LogP contribution in [0, 0.1) is 11.8 Å². The first-order valence-corrected chi connectivity index (χ1v) is 8.13. The number of nitrogens with one attached hydrogen (secondary N) is 2. The zero-order valence-corrected chi connectivity index (χ0v) is 13.6. The van der Waals surface area contributed by atoms with Crippen LogP contribution >= 0.6 is 0 Å². The molecule has 0 aromatic carbocycles. The quantitative estimate of drug-likeness (QED) is 0.451. The molecule has 0 radical (unpaired) electrons. The van der Waals surface area contributed by atoms with Crippen molar-refractivity contribution < 1.29 is 14.3 Å². The van der Waals surface area contributed by atoms with Gasteiger partial charge in [0.2, 0.25) is 5.91 Å². The van der Waals surface area contributed by atoms with Crippen LogP contribution in [0.1, 0.15) is 52.4 Å². The number of amides is 1. The van der Waals surface area contributed by atoms with Crippen molar-refractivity contribution in [1.29, 1.82) is 0 Å². The Balaban J connectivity index is 2.13. The van der Waals surface area contributed by atoms with E-state index in [1.165, 1.54) is 6.42 Å². The van der Waals surface area contributed by atoms with E-state index in [4.69, 9.17) is 4.74 Å². The summed E-state index contributed by atoms with van der Waals surface area (Å²) in [7, 11) is 1.69. The molecule has 0 aromatic heterocycles. The SMILES string of the molecule is CNC(CC(=O)OCC1CC1)C(=O)NCCCCC(C)C. The predicted molar refractivity (Wildman–Crippen MR) is 82.8 cm³/mol. The summed E-state index contributed by atoms with van der Waals surface area (Å²) in [6, 6.07) is -0.498. The van der Waals surface area contributed by atoms with E-state index in [-0.39, 0.29) is 18.3 Å². The van der Waals surface area contributed by atoms with Crippen LogP contribution in [0.15, 0.2) is 0 Å². The summed E-state index contributed by atoms with van der Waals surface area (Å²) in [5.41, 5.74) is 0. The van der Waals surface area contributed by atoms with Crippen LogP contribution in [0.3, 0.4) is 0 Å². The van der Waals surface area contributed by atoms with Gasteiger partial charge in [0, 0.05) is 6.54 Å². The van der Waals surface area contributed by atoms with Crippen molar-refractivity contribution in [2.45, 2.75) is 58.4 Å². The van der Waals surface area contributed by atoms with Gasteiger partial charge in [0.15, 0.2) is 0 Å². The molecule has 1 aliphatic rings. The Bertz CT molecular complexity index is 327. The molecule has 1 amide bonds. The molecule has 21 heavy (non-hydrogen) atoms. The average Bonchev–Trinajstić information content (AvgIpc) is 3.25. The third kappa shape index (κ3) is 8.71. The number of hydrogen-bond donors (Lipinski definition) is 2. The van der Waals surface area contributed by atoms with Gasteiger partial charge in [0.25, 0.3) is 0 Å². The molecule has 0 aliphatic heterocycles. The molecule has 1 aliphatic carbocycles. The normalized spacial score (nSPS) is 15.8. The highest BCUT2D eigenvalue weighted by molar-refractivity contribution is 5.86. The lowest BCUT2D eigenvalue weighted by Crippen LogP contribution is -2.44. The van der Waals surface area contributed by atoms with E-state index in [1.807, 2.05) is 0 Å². The van der Waals surface area contributed by atoms with Crippen LogP contribution in [0.5, 0.6) is 0 Å². The average molecular weight is 298 g/mol. The smallest absolute Gasteiger partial charge is 0.307 e. The Morgan fingerprint density at radius 1 is 1.24 bits per heavy atom. The first kappa shape index (κ1) is 18.0. The van der Waals surface area contributed by atoms with Gasteiger partial charge >= 0.3 is 5.97 Å². The Labute approximate surface area is 128 Å². The molecule has 5 heteroatoms. The molecular formula is C16H30N2O3. The first-order chi connectivity index (χ1) is 10.0. The number of hydrogen-bond acceptors (Lipinski definition) is 4. The lowest BCUT2D eigenvalue weighted by Gasteiger charge is -2.15. The van der Waals surface area contributed by atoms with Gasteiger partial charge in [-0.2, -0.15) is 0 Å². The van der Waals surface area contributed by atoms with Gasteiger partial charge in [0.1, 0.15) is 0 Å². The lowest BCUT2D eigenvalue weighted by atomic mass is 10.1. The highest BCUT2D eigenvalue weighted by Crippen LogP contribution is 2.28. The molecule has 0 spiro atoms. The van der Waals surface area contributed by atoms with Crippen molar-refractivity contribution >= 4 is 11.9 Å². The number of likely N-dealkylation sites (N-methyl/N-ethyl adjacent to an activating group) is 1. The van der Waals surface area contributed by atoms with E-state index in [1.54, 1.807) is 7.05 Å². The van der Waals surface area contributed by atoms with Gasteiger partial charge in [-0.1, -0.05) is 26.7 Å². The topological polar surface area (TPSA) is 67.4 Å². The zero-order chi connectivity index (χ0) is 15.7. The minimum Gasteiger partial charge on any atom is -0.465 e.